The van der Waals surface area contributed by atoms with Gasteiger partial charge < -0.3 is 9.47 Å². The Balaban J connectivity index is 1.50. The highest BCUT2D eigenvalue weighted by molar-refractivity contribution is 5.76. The van der Waals surface area contributed by atoms with Gasteiger partial charge in [-0.2, -0.15) is 0 Å². The van der Waals surface area contributed by atoms with Crippen molar-refractivity contribution >= 4 is 5.91 Å². The molecule has 1 aromatic carbocycles. The molecule has 140 valence electrons. The van der Waals surface area contributed by atoms with E-state index < -0.39 is 11.6 Å². The molecule has 0 spiro atoms. The third-order valence-electron chi connectivity index (χ3n) is 5.23. The van der Waals surface area contributed by atoms with Gasteiger partial charge in [0, 0.05) is 44.0 Å². The lowest BCUT2D eigenvalue weighted by molar-refractivity contribution is -0.133. The average Bonchev–Trinajstić information content (AvgIpc) is 3.04. The maximum atomic E-state index is 13.8. The molecule has 0 saturated carbocycles. The summed E-state index contributed by atoms with van der Waals surface area (Å²) in [5, 5.41) is 0. The molecule has 6 heteroatoms. The van der Waals surface area contributed by atoms with Gasteiger partial charge >= 0.3 is 0 Å². The summed E-state index contributed by atoms with van der Waals surface area (Å²) >= 11 is 0. The molecule has 0 N–H and O–H groups in total. The molecular formula is C20H25F2N3O. The molecule has 4 nitrogen and oxygen atoms in total. The normalized spacial score (nSPS) is 17.5. The van der Waals surface area contributed by atoms with Crippen LogP contribution in [0.3, 0.4) is 0 Å². The first-order chi connectivity index (χ1) is 12.5. The van der Waals surface area contributed by atoms with Gasteiger partial charge in [0.05, 0.1) is 0 Å². The minimum atomic E-state index is -0.482. The largest absolute Gasteiger partial charge is 0.342 e. The Bertz CT molecular complexity index is 739. The summed E-state index contributed by atoms with van der Waals surface area (Å²) in [6, 6.07) is 3.98. The number of hydrogen-bond acceptors (Lipinski definition) is 2. The van der Waals surface area contributed by atoms with Crippen molar-refractivity contribution in [3.8, 4) is 0 Å². The lowest BCUT2D eigenvalue weighted by atomic mass is 9.91. The van der Waals surface area contributed by atoms with Gasteiger partial charge in [0.15, 0.2) is 0 Å². The number of aromatic nitrogens is 2. The van der Waals surface area contributed by atoms with E-state index in [1.165, 1.54) is 18.2 Å². The van der Waals surface area contributed by atoms with Gasteiger partial charge in [0.25, 0.3) is 0 Å². The number of aryl methyl sites for hydroxylation is 2. The molecule has 0 unspecified atom stereocenters. The number of carbonyl (C=O) groups excluding carboxylic acids is 1. The number of piperidine rings is 1. The average molecular weight is 361 g/mol. The molecule has 3 rings (SSSR count). The van der Waals surface area contributed by atoms with Crippen LogP contribution in [0.15, 0.2) is 30.6 Å². The number of hydrogen-bond donors (Lipinski definition) is 0. The molecule has 1 fully saturated rings. The van der Waals surface area contributed by atoms with E-state index in [1.54, 1.807) is 6.20 Å². The Morgan fingerprint density at radius 1 is 1.31 bits per heavy atom. The zero-order valence-electron chi connectivity index (χ0n) is 15.1. The number of likely N-dealkylation sites (tertiary alicyclic amines) is 1. The molecule has 2 aromatic rings. The highest BCUT2D eigenvalue weighted by Crippen LogP contribution is 2.24. The summed E-state index contributed by atoms with van der Waals surface area (Å²) in [5.41, 5.74) is 0.159. The summed E-state index contributed by atoms with van der Waals surface area (Å²) < 4.78 is 29.5. The van der Waals surface area contributed by atoms with E-state index in [0.29, 0.717) is 38.3 Å². The van der Waals surface area contributed by atoms with Crippen molar-refractivity contribution in [1.29, 1.82) is 0 Å². The second-order valence-corrected chi connectivity index (χ2v) is 7.00. The van der Waals surface area contributed by atoms with Crippen LogP contribution >= 0.6 is 0 Å². The molecule has 1 atom stereocenters. The second kappa shape index (κ2) is 8.43. The van der Waals surface area contributed by atoms with Crippen LogP contribution in [0.4, 0.5) is 8.78 Å². The molecule has 0 aliphatic carbocycles. The third-order valence-corrected chi connectivity index (χ3v) is 5.23. The van der Waals surface area contributed by atoms with Gasteiger partial charge in [-0.3, -0.25) is 4.79 Å². The summed E-state index contributed by atoms with van der Waals surface area (Å²) in [4.78, 5) is 18.6. The highest BCUT2D eigenvalue weighted by atomic mass is 19.1. The number of amides is 1. The second-order valence-electron chi connectivity index (χ2n) is 7.00. The van der Waals surface area contributed by atoms with Gasteiger partial charge in [0.1, 0.15) is 17.5 Å². The predicted octanol–water partition coefficient (Wildman–Crippen LogP) is 3.73. The summed E-state index contributed by atoms with van der Waals surface area (Å²) in [6.07, 6.45) is 7.08. The number of imidazole rings is 1. The Labute approximate surface area is 152 Å². The first-order valence-corrected chi connectivity index (χ1v) is 9.23. The molecule has 26 heavy (non-hydrogen) atoms. The Morgan fingerprint density at radius 2 is 2.08 bits per heavy atom. The van der Waals surface area contributed by atoms with Crippen LogP contribution in [0, 0.1) is 24.5 Å². The molecule has 1 aromatic heterocycles. The minimum Gasteiger partial charge on any atom is -0.342 e. The molecule has 1 amide bonds. The van der Waals surface area contributed by atoms with E-state index in [-0.39, 0.29) is 11.5 Å². The Morgan fingerprint density at radius 3 is 2.77 bits per heavy atom. The smallest absolute Gasteiger partial charge is 0.224 e. The molecule has 1 aliphatic rings. The lowest BCUT2D eigenvalue weighted by Crippen LogP contribution is -2.40. The molecule has 0 radical (unpaired) electrons. The van der Waals surface area contributed by atoms with Crippen molar-refractivity contribution in [2.75, 3.05) is 13.1 Å². The van der Waals surface area contributed by atoms with Crippen LogP contribution in [0.1, 0.15) is 37.1 Å². The van der Waals surface area contributed by atoms with Crippen molar-refractivity contribution in [2.24, 2.45) is 5.92 Å². The monoisotopic (exact) mass is 361 g/mol. The van der Waals surface area contributed by atoms with Crippen LogP contribution in [0.25, 0.3) is 0 Å². The molecule has 2 heterocycles. The van der Waals surface area contributed by atoms with E-state index in [0.717, 1.165) is 25.2 Å². The summed E-state index contributed by atoms with van der Waals surface area (Å²) in [6.45, 7) is 4.00. The van der Waals surface area contributed by atoms with Crippen LogP contribution in [0.2, 0.25) is 0 Å². The zero-order valence-corrected chi connectivity index (χ0v) is 15.1. The summed E-state index contributed by atoms with van der Waals surface area (Å²) in [5.74, 6) is 0.372. The number of rotatable bonds is 6. The topological polar surface area (TPSA) is 38.1 Å². The molecular weight excluding hydrogens is 336 g/mol. The predicted molar refractivity (Wildman–Crippen MR) is 95.6 cm³/mol. The standard InChI is InChI=1S/C20H25F2N3O/c1-15-23-10-13-24(15)12-9-20(26)25-11-3-4-16(14-25)7-8-17-18(21)5-2-6-19(17)22/h2,5-6,10,13,16H,3-4,7-9,11-12,14H2,1H3/t16-/m0/s1. The van der Waals surface area contributed by atoms with Crippen LogP contribution in [-0.4, -0.2) is 33.4 Å². The summed E-state index contributed by atoms with van der Waals surface area (Å²) in [7, 11) is 0. The number of carbonyl (C=O) groups is 1. The third kappa shape index (κ3) is 4.48. The van der Waals surface area contributed by atoms with E-state index in [2.05, 4.69) is 4.98 Å². The van der Waals surface area contributed by atoms with Gasteiger partial charge in [-0.15, -0.1) is 0 Å². The van der Waals surface area contributed by atoms with Crippen molar-refractivity contribution in [3.63, 3.8) is 0 Å². The van der Waals surface area contributed by atoms with Crippen LogP contribution < -0.4 is 0 Å². The van der Waals surface area contributed by atoms with E-state index in [4.69, 9.17) is 0 Å². The fraction of sp³-hybridized carbons (Fsp3) is 0.500. The first-order valence-electron chi connectivity index (χ1n) is 9.23. The fourth-order valence-electron chi connectivity index (χ4n) is 3.66. The van der Waals surface area contributed by atoms with Gasteiger partial charge in [-0.1, -0.05) is 6.07 Å². The molecule has 0 bridgehead atoms. The quantitative estimate of drug-likeness (QED) is 0.786. The molecule has 1 aliphatic heterocycles. The SMILES string of the molecule is Cc1nccn1CCC(=O)N1CCC[C@@H](CCc2c(F)cccc2F)C1. The van der Waals surface area contributed by atoms with Crippen molar-refractivity contribution in [1.82, 2.24) is 14.5 Å². The maximum absolute atomic E-state index is 13.8. The number of halogens is 2. The Hall–Kier alpha value is -2.24. The van der Waals surface area contributed by atoms with E-state index in [9.17, 15) is 13.6 Å². The zero-order chi connectivity index (χ0) is 18.5. The van der Waals surface area contributed by atoms with Crippen molar-refractivity contribution in [3.05, 3.63) is 53.6 Å². The number of nitrogens with zero attached hydrogens (tertiary/aromatic N) is 3. The van der Waals surface area contributed by atoms with Crippen molar-refractivity contribution < 1.29 is 13.6 Å². The Kier molecular flexibility index (Phi) is 6.01. The van der Waals surface area contributed by atoms with Crippen LogP contribution in [-0.2, 0) is 17.8 Å². The van der Waals surface area contributed by atoms with Crippen molar-refractivity contribution in [2.45, 2.75) is 45.6 Å². The number of benzene rings is 1. The highest BCUT2D eigenvalue weighted by Gasteiger charge is 2.24. The fourth-order valence-corrected chi connectivity index (χ4v) is 3.66. The first kappa shape index (κ1) is 18.5. The lowest BCUT2D eigenvalue weighted by Gasteiger charge is -2.33. The van der Waals surface area contributed by atoms with E-state index in [1.807, 2.05) is 22.6 Å². The van der Waals surface area contributed by atoms with Gasteiger partial charge in [-0.25, -0.2) is 13.8 Å². The van der Waals surface area contributed by atoms with Crippen LogP contribution in [0.5, 0.6) is 0 Å². The maximum Gasteiger partial charge on any atom is 0.224 e. The van der Waals surface area contributed by atoms with E-state index >= 15 is 0 Å². The minimum absolute atomic E-state index is 0.139. The van der Waals surface area contributed by atoms with Gasteiger partial charge in [-0.05, 0) is 50.7 Å². The molecule has 1 saturated heterocycles. The van der Waals surface area contributed by atoms with Gasteiger partial charge in [0.2, 0.25) is 5.91 Å².